The SMILES string of the molecule is N#CCCn1cc(/C=N\Nc2cccc([N+](=O)[O-])c2)c2ccccc21. The Hall–Kier alpha value is -3.66. The summed E-state index contributed by atoms with van der Waals surface area (Å²) in [6.07, 6.45) is 4.05. The van der Waals surface area contributed by atoms with E-state index in [1.807, 2.05) is 35.0 Å². The summed E-state index contributed by atoms with van der Waals surface area (Å²) in [6.45, 7) is 0.614. The molecule has 0 radical (unpaired) electrons. The summed E-state index contributed by atoms with van der Waals surface area (Å²) >= 11 is 0. The number of hydrogen-bond acceptors (Lipinski definition) is 5. The fourth-order valence-corrected chi connectivity index (χ4v) is 2.60. The van der Waals surface area contributed by atoms with E-state index in [2.05, 4.69) is 16.6 Å². The first-order valence-corrected chi connectivity index (χ1v) is 7.67. The second-order valence-corrected chi connectivity index (χ2v) is 5.38. The molecule has 7 heteroatoms. The van der Waals surface area contributed by atoms with E-state index in [1.54, 1.807) is 18.3 Å². The molecule has 25 heavy (non-hydrogen) atoms. The smallest absolute Gasteiger partial charge is 0.271 e. The van der Waals surface area contributed by atoms with Crippen molar-refractivity contribution in [1.82, 2.24) is 4.57 Å². The van der Waals surface area contributed by atoms with Crippen LogP contribution in [0.15, 0.2) is 59.8 Å². The first kappa shape index (κ1) is 16.2. The highest BCUT2D eigenvalue weighted by molar-refractivity contribution is 5.99. The molecule has 0 amide bonds. The van der Waals surface area contributed by atoms with Crippen molar-refractivity contribution >= 4 is 28.5 Å². The summed E-state index contributed by atoms with van der Waals surface area (Å²) < 4.78 is 2.02. The zero-order valence-electron chi connectivity index (χ0n) is 13.3. The Bertz CT molecular complexity index is 985. The van der Waals surface area contributed by atoms with Gasteiger partial charge in [0, 0.05) is 41.3 Å². The Morgan fingerprint density at radius 3 is 2.92 bits per heavy atom. The van der Waals surface area contributed by atoms with Crippen LogP contribution in [0, 0.1) is 21.4 Å². The third-order valence-corrected chi connectivity index (χ3v) is 3.74. The van der Waals surface area contributed by atoms with Gasteiger partial charge < -0.3 is 4.57 Å². The van der Waals surface area contributed by atoms with Gasteiger partial charge in [-0.15, -0.1) is 0 Å². The quantitative estimate of drug-likeness (QED) is 0.420. The lowest BCUT2D eigenvalue weighted by Gasteiger charge is -2.00. The number of aryl methyl sites for hydroxylation is 1. The predicted molar refractivity (Wildman–Crippen MR) is 96.5 cm³/mol. The topological polar surface area (TPSA) is 96.2 Å². The van der Waals surface area contributed by atoms with Crippen LogP contribution in [0.5, 0.6) is 0 Å². The summed E-state index contributed by atoms with van der Waals surface area (Å²) in [7, 11) is 0. The van der Waals surface area contributed by atoms with Gasteiger partial charge in [-0.2, -0.15) is 10.4 Å². The van der Waals surface area contributed by atoms with Crippen molar-refractivity contribution in [2.75, 3.05) is 5.43 Å². The van der Waals surface area contributed by atoms with Crippen molar-refractivity contribution in [3.8, 4) is 6.07 Å². The molecule has 1 N–H and O–H groups in total. The van der Waals surface area contributed by atoms with Gasteiger partial charge in [-0.1, -0.05) is 24.3 Å². The van der Waals surface area contributed by atoms with E-state index in [9.17, 15) is 10.1 Å². The average Bonchev–Trinajstić information content (AvgIpc) is 2.98. The van der Waals surface area contributed by atoms with E-state index in [4.69, 9.17) is 5.26 Å². The summed E-state index contributed by atoms with van der Waals surface area (Å²) in [5.41, 5.74) is 5.30. The standard InChI is InChI=1S/C18H15N5O2/c19-9-4-10-22-13-14(17-7-1-2-8-18(17)22)12-20-21-15-5-3-6-16(11-15)23(24)25/h1-3,5-8,11-13,21H,4,10H2/b20-12-. The van der Waals surface area contributed by atoms with E-state index in [1.165, 1.54) is 12.1 Å². The normalized spacial score (nSPS) is 10.8. The number of anilines is 1. The fourth-order valence-electron chi connectivity index (χ4n) is 2.60. The zero-order chi connectivity index (χ0) is 17.6. The number of para-hydroxylation sites is 1. The maximum Gasteiger partial charge on any atom is 0.271 e. The van der Waals surface area contributed by atoms with Gasteiger partial charge in [-0.05, 0) is 12.1 Å². The number of aromatic nitrogens is 1. The first-order valence-electron chi connectivity index (χ1n) is 7.67. The summed E-state index contributed by atoms with van der Waals surface area (Å²) in [6, 6.07) is 16.2. The predicted octanol–water partition coefficient (Wildman–Crippen LogP) is 3.91. The number of nitro groups is 1. The van der Waals surface area contributed by atoms with Crippen LogP contribution in [0.4, 0.5) is 11.4 Å². The van der Waals surface area contributed by atoms with Crippen LogP contribution in [0.25, 0.3) is 10.9 Å². The lowest BCUT2D eigenvalue weighted by Crippen LogP contribution is -1.94. The summed E-state index contributed by atoms with van der Waals surface area (Å²) in [5.74, 6) is 0. The number of non-ortho nitro benzene ring substituents is 1. The molecule has 0 bridgehead atoms. The maximum absolute atomic E-state index is 10.8. The monoisotopic (exact) mass is 333 g/mol. The van der Waals surface area contributed by atoms with Gasteiger partial charge in [0.25, 0.3) is 5.69 Å². The number of nitrogens with zero attached hydrogens (tertiary/aromatic N) is 4. The molecule has 0 aliphatic heterocycles. The van der Waals surface area contributed by atoms with E-state index in [-0.39, 0.29) is 5.69 Å². The number of hydrogen-bond donors (Lipinski definition) is 1. The molecule has 1 heterocycles. The largest absolute Gasteiger partial charge is 0.346 e. The molecule has 0 spiro atoms. The van der Waals surface area contributed by atoms with Crippen LogP contribution in [-0.4, -0.2) is 15.7 Å². The fraction of sp³-hybridized carbons (Fsp3) is 0.111. The van der Waals surface area contributed by atoms with Gasteiger partial charge in [-0.3, -0.25) is 15.5 Å². The van der Waals surface area contributed by atoms with Crippen LogP contribution >= 0.6 is 0 Å². The molecule has 7 nitrogen and oxygen atoms in total. The number of hydrazone groups is 1. The number of benzene rings is 2. The Balaban J connectivity index is 1.83. The molecule has 3 rings (SSSR count). The van der Waals surface area contributed by atoms with Crippen LogP contribution in [0.2, 0.25) is 0 Å². The van der Waals surface area contributed by atoms with Crippen molar-refractivity contribution in [1.29, 1.82) is 5.26 Å². The van der Waals surface area contributed by atoms with Crippen molar-refractivity contribution in [3.63, 3.8) is 0 Å². The average molecular weight is 333 g/mol. The van der Waals surface area contributed by atoms with Crippen molar-refractivity contribution in [2.24, 2.45) is 5.10 Å². The highest BCUT2D eigenvalue weighted by atomic mass is 16.6. The molecular weight excluding hydrogens is 318 g/mol. The van der Waals surface area contributed by atoms with Crippen molar-refractivity contribution in [3.05, 3.63) is 70.4 Å². The Morgan fingerprint density at radius 1 is 1.28 bits per heavy atom. The minimum atomic E-state index is -0.447. The minimum absolute atomic E-state index is 0.00769. The molecule has 0 aliphatic carbocycles. The van der Waals surface area contributed by atoms with E-state index in [0.29, 0.717) is 18.7 Å². The van der Waals surface area contributed by atoms with Crippen LogP contribution < -0.4 is 5.43 Å². The molecule has 0 saturated carbocycles. The van der Waals surface area contributed by atoms with Gasteiger partial charge >= 0.3 is 0 Å². The first-order chi connectivity index (χ1) is 12.2. The van der Waals surface area contributed by atoms with Crippen LogP contribution in [0.1, 0.15) is 12.0 Å². The van der Waals surface area contributed by atoms with Gasteiger partial charge in [-0.25, -0.2) is 0 Å². The number of rotatable bonds is 6. The Kier molecular flexibility index (Phi) is 4.72. The Labute approximate surface area is 144 Å². The summed E-state index contributed by atoms with van der Waals surface area (Å²) in [4.78, 5) is 10.4. The van der Waals surface area contributed by atoms with Crippen LogP contribution in [-0.2, 0) is 6.54 Å². The second kappa shape index (κ2) is 7.27. The molecule has 124 valence electrons. The molecule has 0 atom stereocenters. The third kappa shape index (κ3) is 3.64. The van der Waals surface area contributed by atoms with Gasteiger partial charge in [0.15, 0.2) is 0 Å². The van der Waals surface area contributed by atoms with Crippen molar-refractivity contribution < 1.29 is 4.92 Å². The zero-order valence-corrected chi connectivity index (χ0v) is 13.3. The maximum atomic E-state index is 10.8. The highest BCUT2D eigenvalue weighted by Crippen LogP contribution is 2.21. The van der Waals surface area contributed by atoms with Gasteiger partial charge in [0.2, 0.25) is 0 Å². The lowest BCUT2D eigenvalue weighted by atomic mass is 10.2. The van der Waals surface area contributed by atoms with Crippen LogP contribution in [0.3, 0.4) is 0 Å². The molecule has 1 aromatic heterocycles. The minimum Gasteiger partial charge on any atom is -0.346 e. The molecule has 3 aromatic rings. The summed E-state index contributed by atoms with van der Waals surface area (Å²) in [5, 5.41) is 24.8. The van der Waals surface area contributed by atoms with Gasteiger partial charge in [0.1, 0.15) is 0 Å². The molecule has 0 saturated heterocycles. The molecule has 0 fully saturated rings. The van der Waals surface area contributed by atoms with Gasteiger partial charge in [0.05, 0.1) is 29.3 Å². The lowest BCUT2D eigenvalue weighted by molar-refractivity contribution is -0.384. The number of nitrogens with one attached hydrogen (secondary N) is 1. The second-order valence-electron chi connectivity index (χ2n) is 5.38. The number of fused-ring (bicyclic) bond motifs is 1. The van der Waals surface area contributed by atoms with E-state index >= 15 is 0 Å². The Morgan fingerprint density at radius 2 is 2.12 bits per heavy atom. The highest BCUT2D eigenvalue weighted by Gasteiger charge is 2.07. The number of nitriles is 1. The molecular formula is C18H15N5O2. The van der Waals surface area contributed by atoms with Crippen molar-refractivity contribution in [2.45, 2.75) is 13.0 Å². The number of nitro benzene ring substituents is 1. The third-order valence-electron chi connectivity index (χ3n) is 3.74. The molecule has 0 unspecified atom stereocenters. The van der Waals surface area contributed by atoms with E-state index in [0.717, 1.165) is 16.5 Å². The molecule has 2 aromatic carbocycles. The molecule has 0 aliphatic rings. The van der Waals surface area contributed by atoms with E-state index < -0.39 is 4.92 Å².